The van der Waals surface area contributed by atoms with Crippen LogP contribution < -0.4 is 10.6 Å². The molecule has 29 heavy (non-hydrogen) atoms. The van der Waals surface area contributed by atoms with Crippen molar-refractivity contribution in [3.8, 4) is 0 Å². The third-order valence-electron chi connectivity index (χ3n) is 4.93. The summed E-state index contributed by atoms with van der Waals surface area (Å²) in [5.41, 5.74) is 0. The highest BCUT2D eigenvalue weighted by molar-refractivity contribution is 7.80. The summed E-state index contributed by atoms with van der Waals surface area (Å²) in [5.74, 6) is -0.611. The summed E-state index contributed by atoms with van der Waals surface area (Å²) in [5, 5.41) is 5.99. The molecule has 0 heterocycles. The van der Waals surface area contributed by atoms with Crippen LogP contribution in [0.25, 0.3) is 0 Å². The zero-order chi connectivity index (χ0) is 21.6. The number of hydrogen-bond donors (Lipinski definition) is 2. The summed E-state index contributed by atoms with van der Waals surface area (Å²) in [6.07, 6.45) is 18.9. The Kier molecular flexibility index (Phi) is 20.7. The second-order valence-electron chi connectivity index (χ2n) is 7.71. The molecule has 0 aliphatic rings. The van der Waals surface area contributed by atoms with Gasteiger partial charge in [0.15, 0.2) is 5.11 Å². The first-order valence-corrected chi connectivity index (χ1v) is 12.2. The van der Waals surface area contributed by atoms with Crippen LogP contribution in [0.3, 0.4) is 0 Å². The molecule has 0 aromatic heterocycles. The van der Waals surface area contributed by atoms with Gasteiger partial charge in [0.2, 0.25) is 5.91 Å². The van der Waals surface area contributed by atoms with Crippen molar-refractivity contribution in [2.75, 3.05) is 13.2 Å². The monoisotopic (exact) mass is 428 g/mol. The highest BCUT2D eigenvalue weighted by atomic mass is 32.1. The van der Waals surface area contributed by atoms with Crippen molar-refractivity contribution in [1.82, 2.24) is 10.6 Å². The topological polar surface area (TPSA) is 67.4 Å². The first-order valence-electron chi connectivity index (χ1n) is 11.8. The van der Waals surface area contributed by atoms with Gasteiger partial charge in [-0.05, 0) is 25.6 Å². The maximum atomic E-state index is 11.7. The summed E-state index contributed by atoms with van der Waals surface area (Å²) in [4.78, 5) is 22.9. The summed E-state index contributed by atoms with van der Waals surface area (Å²) < 4.78 is 4.79. The highest BCUT2D eigenvalue weighted by Gasteiger charge is 2.08. The second kappa shape index (κ2) is 21.5. The van der Waals surface area contributed by atoms with E-state index >= 15 is 0 Å². The van der Waals surface area contributed by atoms with Gasteiger partial charge in [-0.3, -0.25) is 9.59 Å². The molecule has 0 aromatic rings. The van der Waals surface area contributed by atoms with E-state index < -0.39 is 0 Å². The molecule has 0 saturated heterocycles. The SMILES string of the molecule is CCCCCCCCCCCCCCCCNC(=S)NC(=O)CCC(=O)OCC. The van der Waals surface area contributed by atoms with Gasteiger partial charge in [-0.2, -0.15) is 0 Å². The minimum Gasteiger partial charge on any atom is -0.466 e. The quantitative estimate of drug-likeness (QED) is 0.155. The summed E-state index contributed by atoms with van der Waals surface area (Å²) in [6, 6.07) is 0. The van der Waals surface area contributed by atoms with Crippen LogP contribution in [0.2, 0.25) is 0 Å². The van der Waals surface area contributed by atoms with E-state index in [1.165, 1.54) is 83.5 Å². The van der Waals surface area contributed by atoms with E-state index in [0.717, 1.165) is 13.0 Å². The van der Waals surface area contributed by atoms with Crippen LogP contribution in [-0.2, 0) is 14.3 Å². The number of thiocarbonyl (C=S) groups is 1. The predicted octanol–water partition coefficient (Wildman–Crippen LogP) is 5.80. The zero-order valence-electron chi connectivity index (χ0n) is 18.9. The number of rotatable bonds is 19. The van der Waals surface area contributed by atoms with Crippen molar-refractivity contribution in [1.29, 1.82) is 0 Å². The van der Waals surface area contributed by atoms with Crippen molar-refractivity contribution >= 4 is 29.2 Å². The van der Waals surface area contributed by atoms with Gasteiger partial charge in [-0.1, -0.05) is 90.4 Å². The maximum absolute atomic E-state index is 11.7. The average Bonchev–Trinajstić information content (AvgIpc) is 2.69. The van der Waals surface area contributed by atoms with E-state index in [-0.39, 0.29) is 24.7 Å². The Morgan fingerprint density at radius 3 is 1.69 bits per heavy atom. The lowest BCUT2D eigenvalue weighted by molar-refractivity contribution is -0.144. The number of esters is 1. The first kappa shape index (κ1) is 27.8. The van der Waals surface area contributed by atoms with Gasteiger partial charge >= 0.3 is 5.97 Å². The Labute approximate surface area is 184 Å². The van der Waals surface area contributed by atoms with Crippen molar-refractivity contribution < 1.29 is 14.3 Å². The molecule has 0 aliphatic heterocycles. The van der Waals surface area contributed by atoms with Crippen molar-refractivity contribution in [2.45, 2.75) is 117 Å². The lowest BCUT2D eigenvalue weighted by Crippen LogP contribution is -2.39. The molecule has 0 rings (SSSR count). The zero-order valence-corrected chi connectivity index (χ0v) is 19.7. The van der Waals surface area contributed by atoms with Crippen LogP contribution in [0.4, 0.5) is 0 Å². The number of amides is 1. The van der Waals surface area contributed by atoms with Crippen molar-refractivity contribution in [3.05, 3.63) is 0 Å². The van der Waals surface area contributed by atoms with Gasteiger partial charge < -0.3 is 15.4 Å². The molecule has 2 N–H and O–H groups in total. The van der Waals surface area contributed by atoms with E-state index in [4.69, 9.17) is 17.0 Å². The summed E-state index contributed by atoms with van der Waals surface area (Å²) in [6.45, 7) is 5.12. The van der Waals surface area contributed by atoms with E-state index in [1.54, 1.807) is 6.92 Å². The fourth-order valence-corrected chi connectivity index (χ4v) is 3.42. The Morgan fingerprint density at radius 2 is 1.21 bits per heavy atom. The number of ether oxygens (including phenoxy) is 1. The fourth-order valence-electron chi connectivity index (χ4n) is 3.20. The van der Waals surface area contributed by atoms with Crippen molar-refractivity contribution in [3.63, 3.8) is 0 Å². The van der Waals surface area contributed by atoms with Gasteiger partial charge in [0.1, 0.15) is 0 Å². The van der Waals surface area contributed by atoms with Crippen LogP contribution in [0, 0.1) is 0 Å². The molecule has 0 unspecified atom stereocenters. The van der Waals surface area contributed by atoms with Crippen LogP contribution >= 0.6 is 12.2 Å². The molecule has 6 heteroatoms. The molecule has 5 nitrogen and oxygen atoms in total. The number of carbonyl (C=O) groups is 2. The molecule has 0 saturated carbocycles. The summed E-state index contributed by atoms with van der Waals surface area (Å²) in [7, 11) is 0. The van der Waals surface area contributed by atoms with Crippen LogP contribution in [0.1, 0.15) is 117 Å². The third kappa shape index (κ3) is 21.4. The Hall–Kier alpha value is -1.17. The fraction of sp³-hybridized carbons (Fsp3) is 0.870. The molecule has 0 spiro atoms. The van der Waals surface area contributed by atoms with Gasteiger partial charge in [-0.15, -0.1) is 0 Å². The minimum absolute atomic E-state index is 0.0846. The standard InChI is InChI=1S/C23H44N2O3S/c1-3-5-6-7-8-9-10-11-12-13-14-15-16-17-20-24-23(29)25-21(26)18-19-22(27)28-4-2/h3-20H2,1-2H3,(H2,24,25,26,29). The molecule has 170 valence electrons. The molecule has 0 bridgehead atoms. The highest BCUT2D eigenvalue weighted by Crippen LogP contribution is 2.12. The van der Waals surface area contributed by atoms with E-state index in [9.17, 15) is 9.59 Å². The summed E-state index contributed by atoms with van der Waals surface area (Å²) >= 11 is 5.10. The molecule has 0 atom stereocenters. The normalized spacial score (nSPS) is 10.6. The van der Waals surface area contributed by atoms with Gasteiger partial charge in [0, 0.05) is 13.0 Å². The molecule has 0 aliphatic carbocycles. The molecule has 0 aromatic carbocycles. The first-order chi connectivity index (χ1) is 14.1. The van der Waals surface area contributed by atoms with Crippen LogP contribution in [0.5, 0.6) is 0 Å². The van der Waals surface area contributed by atoms with Crippen LogP contribution in [-0.4, -0.2) is 30.1 Å². The van der Waals surface area contributed by atoms with Crippen molar-refractivity contribution in [2.24, 2.45) is 0 Å². The second-order valence-corrected chi connectivity index (χ2v) is 8.11. The molecule has 1 amide bonds. The van der Waals surface area contributed by atoms with E-state index in [0.29, 0.717) is 11.7 Å². The Morgan fingerprint density at radius 1 is 0.724 bits per heavy atom. The number of carbonyl (C=O) groups excluding carboxylic acids is 2. The Balaban J connectivity index is 3.32. The molecule has 0 radical (unpaired) electrons. The van der Waals surface area contributed by atoms with Crippen LogP contribution in [0.15, 0.2) is 0 Å². The van der Waals surface area contributed by atoms with E-state index in [2.05, 4.69) is 17.6 Å². The van der Waals surface area contributed by atoms with Gasteiger partial charge in [-0.25, -0.2) is 0 Å². The lowest BCUT2D eigenvalue weighted by Gasteiger charge is -2.09. The van der Waals surface area contributed by atoms with Gasteiger partial charge in [0.25, 0.3) is 0 Å². The Bertz CT molecular complexity index is 430. The number of hydrogen-bond acceptors (Lipinski definition) is 4. The predicted molar refractivity (Wildman–Crippen MR) is 125 cm³/mol. The lowest BCUT2D eigenvalue weighted by atomic mass is 10.0. The largest absolute Gasteiger partial charge is 0.466 e. The molecular formula is C23H44N2O3S. The number of nitrogens with one attached hydrogen (secondary N) is 2. The minimum atomic E-state index is -0.357. The van der Waals surface area contributed by atoms with Gasteiger partial charge in [0.05, 0.1) is 13.0 Å². The number of unbranched alkanes of at least 4 members (excludes halogenated alkanes) is 13. The molecule has 0 fully saturated rings. The average molecular weight is 429 g/mol. The third-order valence-corrected chi connectivity index (χ3v) is 5.18. The smallest absolute Gasteiger partial charge is 0.306 e. The van der Waals surface area contributed by atoms with E-state index in [1.807, 2.05) is 0 Å². The maximum Gasteiger partial charge on any atom is 0.306 e. The molecular weight excluding hydrogens is 384 g/mol.